The molecular formula is C15H20O3S. The van der Waals surface area contributed by atoms with E-state index in [1.54, 1.807) is 12.1 Å². The molecule has 0 unspecified atom stereocenters. The standard InChI is InChI=1S/C15H20O3S/c1-5-6-12-13(19-15(18)9(2)3)8-7-11(10(4)16)14(12)17/h7-9,17H,5-6H2,1-4H3. The van der Waals surface area contributed by atoms with Crippen molar-refractivity contribution in [3.05, 3.63) is 23.3 Å². The van der Waals surface area contributed by atoms with Gasteiger partial charge in [-0.2, -0.15) is 0 Å². The molecule has 19 heavy (non-hydrogen) atoms. The monoisotopic (exact) mass is 280 g/mol. The highest BCUT2D eigenvalue weighted by molar-refractivity contribution is 8.13. The molecule has 0 heterocycles. The second-order valence-corrected chi connectivity index (χ2v) is 5.87. The first-order chi connectivity index (χ1) is 8.88. The lowest BCUT2D eigenvalue weighted by atomic mass is 10.0. The number of phenols is 1. The molecule has 0 spiro atoms. The minimum absolute atomic E-state index is 0.0240. The molecule has 0 aliphatic carbocycles. The predicted molar refractivity (Wildman–Crippen MR) is 77.8 cm³/mol. The Kier molecular flexibility index (Phi) is 5.60. The summed E-state index contributed by atoms with van der Waals surface area (Å²) >= 11 is 1.14. The van der Waals surface area contributed by atoms with E-state index in [0.29, 0.717) is 17.5 Å². The van der Waals surface area contributed by atoms with Crippen LogP contribution < -0.4 is 0 Å². The van der Waals surface area contributed by atoms with E-state index < -0.39 is 0 Å². The van der Waals surface area contributed by atoms with E-state index in [0.717, 1.165) is 23.1 Å². The fraction of sp³-hybridized carbons (Fsp3) is 0.467. The largest absolute Gasteiger partial charge is 0.507 e. The van der Waals surface area contributed by atoms with Gasteiger partial charge in [-0.1, -0.05) is 39.0 Å². The number of benzene rings is 1. The van der Waals surface area contributed by atoms with E-state index in [4.69, 9.17) is 0 Å². The molecule has 1 N–H and O–H groups in total. The van der Waals surface area contributed by atoms with E-state index in [9.17, 15) is 14.7 Å². The van der Waals surface area contributed by atoms with E-state index in [2.05, 4.69) is 0 Å². The number of Topliss-reactive ketones (excluding diaryl/α,β-unsaturated/α-hetero) is 1. The summed E-state index contributed by atoms with van der Waals surface area (Å²) in [5.74, 6) is -0.202. The normalized spacial score (nSPS) is 10.8. The lowest BCUT2D eigenvalue weighted by Crippen LogP contribution is -2.04. The number of rotatable bonds is 5. The Morgan fingerprint density at radius 3 is 2.42 bits per heavy atom. The van der Waals surface area contributed by atoms with Gasteiger partial charge < -0.3 is 5.11 Å². The van der Waals surface area contributed by atoms with Gasteiger partial charge in [0.2, 0.25) is 0 Å². The molecule has 0 atom stereocenters. The van der Waals surface area contributed by atoms with Crippen molar-refractivity contribution in [2.75, 3.05) is 0 Å². The van der Waals surface area contributed by atoms with Gasteiger partial charge >= 0.3 is 0 Å². The number of ketones is 1. The molecule has 0 aliphatic rings. The number of aromatic hydroxyl groups is 1. The SMILES string of the molecule is CCCc1c(SC(=O)C(C)C)ccc(C(C)=O)c1O. The summed E-state index contributed by atoms with van der Waals surface area (Å²) in [6, 6.07) is 3.35. The maximum Gasteiger partial charge on any atom is 0.196 e. The smallest absolute Gasteiger partial charge is 0.196 e. The quantitative estimate of drug-likeness (QED) is 0.658. The Hall–Kier alpha value is -1.29. The molecule has 104 valence electrons. The number of thioether (sulfide) groups is 1. The zero-order chi connectivity index (χ0) is 14.6. The van der Waals surface area contributed by atoms with Gasteiger partial charge in [-0.25, -0.2) is 0 Å². The van der Waals surface area contributed by atoms with Gasteiger partial charge in [-0.05, 0) is 25.5 Å². The van der Waals surface area contributed by atoms with Gasteiger partial charge in [-0.3, -0.25) is 9.59 Å². The maximum atomic E-state index is 11.8. The summed E-state index contributed by atoms with van der Waals surface area (Å²) in [6.45, 7) is 7.12. The maximum absolute atomic E-state index is 11.8. The molecule has 0 fully saturated rings. The van der Waals surface area contributed by atoms with Crippen molar-refractivity contribution in [3.63, 3.8) is 0 Å². The number of hydrogen-bond acceptors (Lipinski definition) is 4. The molecule has 0 radical (unpaired) electrons. The zero-order valence-corrected chi connectivity index (χ0v) is 12.6. The number of carbonyl (C=O) groups excluding carboxylic acids is 2. The molecule has 0 aromatic heterocycles. The highest BCUT2D eigenvalue weighted by Gasteiger charge is 2.18. The van der Waals surface area contributed by atoms with Gasteiger partial charge in [-0.15, -0.1) is 0 Å². The molecule has 0 bridgehead atoms. The summed E-state index contributed by atoms with van der Waals surface area (Å²) in [5.41, 5.74) is 1.03. The topological polar surface area (TPSA) is 54.4 Å². The zero-order valence-electron chi connectivity index (χ0n) is 11.8. The predicted octanol–water partition coefficient (Wildman–Crippen LogP) is 3.82. The Morgan fingerprint density at radius 2 is 1.95 bits per heavy atom. The third-order valence-corrected chi connectivity index (χ3v) is 4.08. The Labute approximate surface area is 118 Å². The molecule has 1 rings (SSSR count). The van der Waals surface area contributed by atoms with Crippen LogP contribution in [0.4, 0.5) is 0 Å². The molecule has 0 saturated heterocycles. The van der Waals surface area contributed by atoms with Crippen molar-refractivity contribution in [1.29, 1.82) is 0 Å². The number of carbonyl (C=O) groups is 2. The van der Waals surface area contributed by atoms with Crippen LogP contribution in [0.2, 0.25) is 0 Å². The van der Waals surface area contributed by atoms with E-state index in [1.165, 1.54) is 6.92 Å². The van der Waals surface area contributed by atoms with Crippen LogP contribution >= 0.6 is 11.8 Å². The summed E-state index contributed by atoms with van der Waals surface area (Å²) in [5, 5.41) is 10.2. The fourth-order valence-electron chi connectivity index (χ4n) is 1.72. The lowest BCUT2D eigenvalue weighted by Gasteiger charge is -2.13. The summed E-state index contributed by atoms with van der Waals surface area (Å²) < 4.78 is 0. The van der Waals surface area contributed by atoms with Crippen LogP contribution in [-0.2, 0) is 11.2 Å². The molecule has 1 aromatic carbocycles. The molecule has 3 nitrogen and oxygen atoms in total. The number of hydrogen-bond donors (Lipinski definition) is 1. The molecule has 4 heteroatoms. The average Bonchev–Trinajstić information content (AvgIpc) is 2.33. The summed E-state index contributed by atoms with van der Waals surface area (Å²) in [4.78, 5) is 24.0. The van der Waals surface area contributed by atoms with Crippen LogP contribution in [0, 0.1) is 5.92 Å². The molecule has 0 aliphatic heterocycles. The van der Waals surface area contributed by atoms with Gasteiger partial charge in [0, 0.05) is 16.4 Å². The van der Waals surface area contributed by atoms with Crippen LogP contribution in [0.15, 0.2) is 17.0 Å². The summed E-state index contributed by atoms with van der Waals surface area (Å²) in [6.07, 6.45) is 1.50. The van der Waals surface area contributed by atoms with E-state index in [1.807, 2.05) is 20.8 Å². The highest BCUT2D eigenvalue weighted by atomic mass is 32.2. The summed E-state index contributed by atoms with van der Waals surface area (Å²) in [7, 11) is 0. The average molecular weight is 280 g/mol. The fourth-order valence-corrected chi connectivity index (χ4v) is 2.63. The Morgan fingerprint density at radius 1 is 1.32 bits per heavy atom. The van der Waals surface area contributed by atoms with Gasteiger partial charge in [0.1, 0.15) is 5.75 Å². The van der Waals surface area contributed by atoms with Crippen LogP contribution in [0.3, 0.4) is 0 Å². The Balaban J connectivity index is 3.21. The molecule has 0 amide bonds. The third kappa shape index (κ3) is 3.83. The van der Waals surface area contributed by atoms with Crippen LogP contribution in [0.5, 0.6) is 5.75 Å². The first-order valence-electron chi connectivity index (χ1n) is 6.45. The van der Waals surface area contributed by atoms with Gasteiger partial charge in [0.25, 0.3) is 0 Å². The van der Waals surface area contributed by atoms with Crippen molar-refractivity contribution in [2.45, 2.75) is 45.4 Å². The minimum Gasteiger partial charge on any atom is -0.507 e. The molecule has 0 saturated carbocycles. The lowest BCUT2D eigenvalue weighted by molar-refractivity contribution is -0.113. The van der Waals surface area contributed by atoms with Gasteiger partial charge in [0.15, 0.2) is 10.9 Å². The second kappa shape index (κ2) is 6.75. The van der Waals surface area contributed by atoms with Crippen LogP contribution in [-0.4, -0.2) is 16.0 Å². The van der Waals surface area contributed by atoms with Crippen molar-refractivity contribution in [3.8, 4) is 5.75 Å². The third-order valence-electron chi connectivity index (χ3n) is 2.80. The first-order valence-corrected chi connectivity index (χ1v) is 7.27. The van der Waals surface area contributed by atoms with E-state index in [-0.39, 0.29) is 22.6 Å². The first kappa shape index (κ1) is 15.8. The van der Waals surface area contributed by atoms with Gasteiger partial charge in [0.05, 0.1) is 5.56 Å². The van der Waals surface area contributed by atoms with Crippen LogP contribution in [0.25, 0.3) is 0 Å². The van der Waals surface area contributed by atoms with Crippen molar-refractivity contribution in [1.82, 2.24) is 0 Å². The molecule has 1 aromatic rings. The highest BCUT2D eigenvalue weighted by Crippen LogP contribution is 2.35. The van der Waals surface area contributed by atoms with E-state index >= 15 is 0 Å². The Bertz CT molecular complexity index is 492. The van der Waals surface area contributed by atoms with Crippen LogP contribution in [0.1, 0.15) is 50.0 Å². The number of phenolic OH excluding ortho intramolecular Hbond substituents is 1. The van der Waals surface area contributed by atoms with Crippen molar-refractivity contribution < 1.29 is 14.7 Å². The second-order valence-electron chi connectivity index (χ2n) is 4.82. The van der Waals surface area contributed by atoms with Crippen molar-refractivity contribution in [2.24, 2.45) is 5.92 Å². The molecular weight excluding hydrogens is 260 g/mol. The van der Waals surface area contributed by atoms with Crippen molar-refractivity contribution >= 4 is 22.7 Å². The minimum atomic E-state index is -0.165.